The molecule has 0 saturated heterocycles. The number of nitrogens with two attached hydrogens (primary N) is 1. The van der Waals surface area contributed by atoms with Crippen LogP contribution in [0.25, 0.3) is 11.1 Å². The summed E-state index contributed by atoms with van der Waals surface area (Å²) in [4.78, 5) is 24.5. The maximum Gasteiger partial charge on any atom is 0.407 e. The third-order valence-corrected chi connectivity index (χ3v) is 5.15. The molecule has 3 N–H and O–H groups in total. The van der Waals surface area contributed by atoms with Gasteiger partial charge in [-0.3, -0.25) is 0 Å². The first kappa shape index (κ1) is 20.9. The molecule has 29 heavy (non-hydrogen) atoms. The van der Waals surface area contributed by atoms with E-state index >= 15 is 0 Å². The molecule has 2 aromatic carbocycles. The minimum atomic E-state index is -0.725. The van der Waals surface area contributed by atoms with Crippen molar-refractivity contribution in [3.63, 3.8) is 0 Å². The van der Waals surface area contributed by atoms with Crippen molar-refractivity contribution in [1.29, 1.82) is 0 Å². The van der Waals surface area contributed by atoms with Gasteiger partial charge < -0.3 is 20.5 Å². The number of carbonyl (C=O) groups excluding carboxylic acids is 2. The molecule has 3 rings (SSSR count). The molecule has 1 aliphatic carbocycles. The van der Waals surface area contributed by atoms with Gasteiger partial charge in [0.1, 0.15) is 12.6 Å². The lowest BCUT2D eigenvalue weighted by atomic mass is 9.98. The molecule has 1 atom stereocenters. The van der Waals surface area contributed by atoms with E-state index in [0.717, 1.165) is 24.0 Å². The first-order chi connectivity index (χ1) is 14.2. The van der Waals surface area contributed by atoms with Gasteiger partial charge in [0.2, 0.25) is 0 Å². The van der Waals surface area contributed by atoms with Crippen LogP contribution in [0, 0.1) is 0 Å². The Hall–Kier alpha value is -2.86. The summed E-state index contributed by atoms with van der Waals surface area (Å²) in [5, 5.41) is 2.66. The second-order valence-corrected chi connectivity index (χ2v) is 7.06. The molecule has 154 valence electrons. The van der Waals surface area contributed by atoms with Crippen molar-refractivity contribution < 1.29 is 19.1 Å². The fourth-order valence-corrected chi connectivity index (χ4v) is 3.77. The fourth-order valence-electron chi connectivity index (χ4n) is 3.77. The van der Waals surface area contributed by atoms with E-state index in [0.29, 0.717) is 13.0 Å². The zero-order valence-corrected chi connectivity index (χ0v) is 16.7. The summed E-state index contributed by atoms with van der Waals surface area (Å²) < 4.78 is 10.6. The Labute approximate surface area is 171 Å². The van der Waals surface area contributed by atoms with Crippen LogP contribution in [-0.2, 0) is 14.3 Å². The third-order valence-electron chi connectivity index (χ3n) is 5.15. The van der Waals surface area contributed by atoms with Crippen molar-refractivity contribution in [2.45, 2.75) is 38.1 Å². The lowest BCUT2D eigenvalue weighted by Gasteiger charge is -2.19. The smallest absolute Gasteiger partial charge is 0.407 e. The molecule has 0 saturated carbocycles. The van der Waals surface area contributed by atoms with Crippen LogP contribution in [-0.4, -0.2) is 37.9 Å². The minimum absolute atomic E-state index is 0.0218. The highest BCUT2D eigenvalue weighted by molar-refractivity contribution is 5.82. The Bertz CT molecular complexity index is 807. The Morgan fingerprint density at radius 3 is 2.21 bits per heavy atom. The van der Waals surface area contributed by atoms with Crippen LogP contribution in [0.4, 0.5) is 4.79 Å². The molecule has 0 spiro atoms. The number of nitrogens with one attached hydrogen (secondary N) is 1. The van der Waals surface area contributed by atoms with Gasteiger partial charge in [-0.2, -0.15) is 0 Å². The number of carbonyl (C=O) groups is 2. The van der Waals surface area contributed by atoms with Crippen molar-refractivity contribution in [2.24, 2.45) is 5.73 Å². The van der Waals surface area contributed by atoms with E-state index in [4.69, 9.17) is 15.2 Å². The molecule has 6 heteroatoms. The van der Waals surface area contributed by atoms with Crippen LogP contribution >= 0.6 is 0 Å². The summed E-state index contributed by atoms with van der Waals surface area (Å²) in [7, 11) is 0. The van der Waals surface area contributed by atoms with E-state index < -0.39 is 18.1 Å². The maximum absolute atomic E-state index is 12.4. The predicted molar refractivity (Wildman–Crippen MR) is 112 cm³/mol. The SMILES string of the molecule is CCOC(=O)C(CCCCN)NC(=O)OCC1c2ccccc2-c2ccccc21. The lowest BCUT2D eigenvalue weighted by Crippen LogP contribution is -2.42. The van der Waals surface area contributed by atoms with Crippen LogP contribution in [0.5, 0.6) is 0 Å². The van der Waals surface area contributed by atoms with Crippen molar-refractivity contribution >= 4 is 12.1 Å². The first-order valence-electron chi connectivity index (χ1n) is 10.1. The van der Waals surface area contributed by atoms with E-state index in [1.807, 2.05) is 24.3 Å². The van der Waals surface area contributed by atoms with Crippen LogP contribution < -0.4 is 11.1 Å². The Morgan fingerprint density at radius 1 is 1.00 bits per heavy atom. The Kier molecular flexibility index (Phi) is 7.25. The largest absolute Gasteiger partial charge is 0.464 e. The number of unbranched alkanes of at least 4 members (excludes halogenated alkanes) is 1. The van der Waals surface area contributed by atoms with Gasteiger partial charge in [0.05, 0.1) is 6.61 Å². The molecule has 0 radical (unpaired) electrons. The number of hydrogen-bond donors (Lipinski definition) is 2. The standard InChI is InChI=1S/C23H28N2O4/c1-2-28-22(26)21(13-7-8-14-24)25-23(27)29-15-20-18-11-5-3-9-16(18)17-10-4-6-12-19(17)20/h3-6,9-12,20-21H,2,7-8,13-15,24H2,1H3,(H,25,27). The third kappa shape index (κ3) is 4.95. The van der Waals surface area contributed by atoms with Gasteiger partial charge in [-0.15, -0.1) is 0 Å². The second-order valence-electron chi connectivity index (χ2n) is 7.06. The Balaban J connectivity index is 1.64. The quantitative estimate of drug-likeness (QED) is 0.499. The van der Waals surface area contributed by atoms with E-state index in [-0.39, 0.29) is 19.1 Å². The molecule has 0 bridgehead atoms. The summed E-state index contributed by atoms with van der Waals surface area (Å²) in [6.45, 7) is 2.75. The molecule has 1 aliphatic rings. The number of esters is 1. The minimum Gasteiger partial charge on any atom is -0.464 e. The Morgan fingerprint density at radius 2 is 1.62 bits per heavy atom. The molecule has 0 heterocycles. The van der Waals surface area contributed by atoms with Gasteiger partial charge in [0.15, 0.2) is 0 Å². The normalized spacial score (nSPS) is 13.3. The van der Waals surface area contributed by atoms with Gasteiger partial charge in [-0.1, -0.05) is 48.5 Å². The topological polar surface area (TPSA) is 90.6 Å². The lowest BCUT2D eigenvalue weighted by molar-refractivity contribution is -0.145. The zero-order chi connectivity index (χ0) is 20.6. The van der Waals surface area contributed by atoms with Crippen molar-refractivity contribution in [1.82, 2.24) is 5.32 Å². The molecule has 0 fully saturated rings. The first-order valence-corrected chi connectivity index (χ1v) is 10.1. The summed E-state index contributed by atoms with van der Waals surface area (Å²) in [5.41, 5.74) is 10.1. The predicted octanol–water partition coefficient (Wildman–Crippen LogP) is 3.59. The summed E-state index contributed by atoms with van der Waals surface area (Å²) in [6.07, 6.45) is 1.37. The molecule has 0 aromatic heterocycles. The van der Waals surface area contributed by atoms with Gasteiger partial charge >= 0.3 is 12.1 Å². The number of benzene rings is 2. The molecular formula is C23H28N2O4. The highest BCUT2D eigenvalue weighted by Crippen LogP contribution is 2.44. The molecule has 1 unspecified atom stereocenters. The van der Waals surface area contributed by atoms with Gasteiger partial charge in [-0.25, -0.2) is 9.59 Å². The van der Waals surface area contributed by atoms with E-state index in [1.54, 1.807) is 6.92 Å². The molecule has 6 nitrogen and oxygen atoms in total. The van der Waals surface area contributed by atoms with Crippen LogP contribution in [0.2, 0.25) is 0 Å². The average Bonchev–Trinajstić information content (AvgIpc) is 3.06. The number of rotatable bonds is 9. The van der Waals surface area contributed by atoms with E-state index in [2.05, 4.69) is 29.6 Å². The molecular weight excluding hydrogens is 368 g/mol. The number of fused-ring (bicyclic) bond motifs is 3. The second kappa shape index (κ2) is 10.1. The highest BCUT2D eigenvalue weighted by Gasteiger charge is 2.29. The number of amides is 1. The van der Waals surface area contributed by atoms with E-state index in [1.165, 1.54) is 11.1 Å². The van der Waals surface area contributed by atoms with E-state index in [9.17, 15) is 9.59 Å². The van der Waals surface area contributed by atoms with Gasteiger partial charge in [0.25, 0.3) is 0 Å². The maximum atomic E-state index is 12.4. The number of alkyl carbamates (subject to hydrolysis) is 1. The fraction of sp³-hybridized carbons (Fsp3) is 0.391. The van der Waals surface area contributed by atoms with Gasteiger partial charge in [-0.05, 0) is 55.0 Å². The monoisotopic (exact) mass is 396 g/mol. The number of hydrogen-bond acceptors (Lipinski definition) is 5. The van der Waals surface area contributed by atoms with Crippen molar-refractivity contribution in [3.8, 4) is 11.1 Å². The van der Waals surface area contributed by atoms with Gasteiger partial charge in [0, 0.05) is 5.92 Å². The molecule has 0 aliphatic heterocycles. The highest BCUT2D eigenvalue weighted by atomic mass is 16.6. The van der Waals surface area contributed by atoms with Crippen LogP contribution in [0.3, 0.4) is 0 Å². The average molecular weight is 396 g/mol. The zero-order valence-electron chi connectivity index (χ0n) is 16.7. The van der Waals surface area contributed by atoms with Crippen molar-refractivity contribution in [2.75, 3.05) is 19.8 Å². The van der Waals surface area contributed by atoms with Crippen LogP contribution in [0.1, 0.15) is 43.2 Å². The molecule has 1 amide bonds. The molecule has 2 aromatic rings. The summed E-state index contributed by atoms with van der Waals surface area (Å²) in [6, 6.07) is 15.6. The summed E-state index contributed by atoms with van der Waals surface area (Å²) >= 11 is 0. The van der Waals surface area contributed by atoms with Crippen molar-refractivity contribution in [3.05, 3.63) is 59.7 Å². The summed E-state index contributed by atoms with van der Waals surface area (Å²) in [5.74, 6) is -0.468. The number of ether oxygens (including phenoxy) is 2. The van der Waals surface area contributed by atoms with Crippen LogP contribution in [0.15, 0.2) is 48.5 Å².